The third-order valence-corrected chi connectivity index (χ3v) is 8.89. The molecule has 2 aliphatic rings. The number of amides is 1. The van der Waals surface area contributed by atoms with E-state index >= 15 is 0 Å². The van der Waals surface area contributed by atoms with Crippen molar-refractivity contribution in [2.75, 3.05) is 26.9 Å². The largest absolute Gasteiger partial charge is 0.497 e. The Labute approximate surface area is 233 Å². The number of methoxy groups -OCH3 is 1. The number of carbonyl (C=O) groups is 1. The van der Waals surface area contributed by atoms with Crippen molar-refractivity contribution in [1.29, 1.82) is 0 Å². The standard InChI is InChI=1S/C29H34FN3O6S/c1-37-24-12-10-21(11-13-24)28(34)32(18-25-7-4-14-38-25)17-23-16-31-29(33(23)19-26-8-5-15-39-26)40(35,36)20-22-6-2-3-9-27(22)30/h2-3,6,9-13,16,25-26H,4-5,7-8,14-15,17-20H2,1H3/t25-,26+/m0/s1. The van der Waals surface area contributed by atoms with Gasteiger partial charge in [-0.15, -0.1) is 0 Å². The summed E-state index contributed by atoms with van der Waals surface area (Å²) in [7, 11) is -2.45. The van der Waals surface area contributed by atoms with E-state index < -0.39 is 21.4 Å². The van der Waals surface area contributed by atoms with E-state index in [1.54, 1.807) is 46.9 Å². The summed E-state index contributed by atoms with van der Waals surface area (Å²) in [6.07, 6.45) is 4.63. The van der Waals surface area contributed by atoms with Crippen molar-refractivity contribution in [2.24, 2.45) is 0 Å². The zero-order valence-corrected chi connectivity index (χ0v) is 23.3. The lowest BCUT2D eigenvalue weighted by molar-refractivity contribution is 0.0496. The van der Waals surface area contributed by atoms with Crippen LogP contribution >= 0.6 is 0 Å². The van der Waals surface area contributed by atoms with Crippen LogP contribution in [0.15, 0.2) is 59.9 Å². The molecule has 0 aliphatic carbocycles. The Morgan fingerprint density at radius 2 is 1.77 bits per heavy atom. The maximum Gasteiger partial charge on any atom is 0.254 e. The molecule has 2 aromatic carbocycles. The summed E-state index contributed by atoms with van der Waals surface area (Å²) < 4.78 is 59.9. The Bertz CT molecular complexity index is 1410. The molecule has 3 aromatic rings. The van der Waals surface area contributed by atoms with Crippen molar-refractivity contribution in [3.63, 3.8) is 0 Å². The Kier molecular flexibility index (Phi) is 8.82. The fraction of sp³-hybridized carbons (Fsp3) is 0.448. The molecule has 2 fully saturated rings. The fourth-order valence-electron chi connectivity index (χ4n) is 5.20. The Hall–Kier alpha value is -3.28. The Morgan fingerprint density at radius 3 is 2.42 bits per heavy atom. The Balaban J connectivity index is 1.47. The number of ether oxygens (including phenoxy) is 3. The normalized spacial score (nSPS) is 19.1. The predicted molar refractivity (Wildman–Crippen MR) is 145 cm³/mol. The van der Waals surface area contributed by atoms with Crippen molar-refractivity contribution in [2.45, 2.75) is 61.9 Å². The van der Waals surface area contributed by atoms with E-state index in [9.17, 15) is 17.6 Å². The second kappa shape index (κ2) is 12.5. The van der Waals surface area contributed by atoms with Crippen LogP contribution in [0.5, 0.6) is 5.75 Å². The van der Waals surface area contributed by atoms with Crippen molar-refractivity contribution in [3.8, 4) is 5.75 Å². The first kappa shape index (κ1) is 28.3. The lowest BCUT2D eigenvalue weighted by Crippen LogP contribution is -2.37. The number of hydrogen-bond acceptors (Lipinski definition) is 7. The van der Waals surface area contributed by atoms with E-state index in [0.717, 1.165) is 25.7 Å². The number of hydrogen-bond donors (Lipinski definition) is 0. The van der Waals surface area contributed by atoms with Crippen LogP contribution in [0.4, 0.5) is 4.39 Å². The number of imidazole rings is 1. The summed E-state index contributed by atoms with van der Waals surface area (Å²) in [6.45, 7) is 2.00. The van der Waals surface area contributed by atoms with Crippen LogP contribution in [0.3, 0.4) is 0 Å². The minimum Gasteiger partial charge on any atom is -0.497 e. The third kappa shape index (κ3) is 6.54. The number of carbonyl (C=O) groups excluding carboxylic acids is 1. The molecule has 2 atom stereocenters. The topological polar surface area (TPSA) is 100.0 Å². The zero-order valence-electron chi connectivity index (χ0n) is 22.5. The van der Waals surface area contributed by atoms with Gasteiger partial charge in [-0.1, -0.05) is 18.2 Å². The lowest BCUT2D eigenvalue weighted by atomic mass is 10.1. The first-order valence-electron chi connectivity index (χ1n) is 13.5. The summed E-state index contributed by atoms with van der Waals surface area (Å²) in [5.74, 6) is -0.678. The van der Waals surface area contributed by atoms with Crippen LogP contribution in [0.2, 0.25) is 0 Å². The fourth-order valence-corrected chi connectivity index (χ4v) is 6.72. The quantitative estimate of drug-likeness (QED) is 0.343. The van der Waals surface area contributed by atoms with E-state index in [1.165, 1.54) is 24.4 Å². The summed E-state index contributed by atoms with van der Waals surface area (Å²) in [4.78, 5) is 19.7. The molecule has 1 amide bonds. The summed E-state index contributed by atoms with van der Waals surface area (Å²) in [5.41, 5.74) is 1.12. The highest BCUT2D eigenvalue weighted by Crippen LogP contribution is 2.25. The van der Waals surface area contributed by atoms with Crippen LogP contribution in [0.25, 0.3) is 0 Å². The molecule has 3 heterocycles. The molecule has 11 heteroatoms. The zero-order chi connectivity index (χ0) is 28.1. The van der Waals surface area contributed by atoms with Crippen molar-refractivity contribution >= 4 is 15.7 Å². The maximum absolute atomic E-state index is 14.4. The molecule has 2 saturated heterocycles. The van der Waals surface area contributed by atoms with Crippen molar-refractivity contribution in [1.82, 2.24) is 14.5 Å². The number of halogens is 1. The van der Waals surface area contributed by atoms with Crippen LogP contribution < -0.4 is 4.74 Å². The molecular formula is C29H34FN3O6S. The number of sulfone groups is 1. The van der Waals surface area contributed by atoms with Gasteiger partial charge in [0.25, 0.3) is 5.91 Å². The highest BCUT2D eigenvalue weighted by atomic mass is 32.2. The average Bonchev–Trinajstić information content (AvgIpc) is 3.73. The monoisotopic (exact) mass is 571 g/mol. The minimum atomic E-state index is -4.01. The number of nitrogens with zero attached hydrogens (tertiary/aromatic N) is 3. The number of benzene rings is 2. The second-order valence-corrected chi connectivity index (χ2v) is 12.1. The maximum atomic E-state index is 14.4. The molecule has 0 spiro atoms. The smallest absolute Gasteiger partial charge is 0.254 e. The third-order valence-electron chi connectivity index (χ3n) is 7.32. The van der Waals surface area contributed by atoms with Gasteiger partial charge < -0.3 is 23.7 Å². The molecule has 40 heavy (non-hydrogen) atoms. The summed E-state index contributed by atoms with van der Waals surface area (Å²) in [5, 5.41) is -0.157. The van der Waals surface area contributed by atoms with Gasteiger partial charge in [0.05, 0.1) is 50.1 Å². The Morgan fingerprint density at radius 1 is 1.07 bits per heavy atom. The lowest BCUT2D eigenvalue weighted by Gasteiger charge is -2.27. The van der Waals surface area contributed by atoms with Crippen LogP contribution in [0, 0.1) is 5.82 Å². The predicted octanol–water partition coefficient (Wildman–Crippen LogP) is 4.01. The van der Waals surface area contributed by atoms with E-state index in [0.29, 0.717) is 36.8 Å². The molecule has 0 saturated carbocycles. The van der Waals surface area contributed by atoms with Crippen molar-refractivity contribution in [3.05, 3.63) is 77.4 Å². The van der Waals surface area contributed by atoms with E-state index in [1.807, 2.05) is 0 Å². The van der Waals surface area contributed by atoms with E-state index in [4.69, 9.17) is 14.2 Å². The van der Waals surface area contributed by atoms with Gasteiger partial charge in [0.1, 0.15) is 11.6 Å². The van der Waals surface area contributed by atoms with Gasteiger partial charge in [-0.05, 0) is 56.0 Å². The van der Waals surface area contributed by atoms with Crippen molar-refractivity contribution < 1.29 is 31.8 Å². The highest BCUT2D eigenvalue weighted by Gasteiger charge is 2.30. The molecule has 0 bridgehead atoms. The number of rotatable bonds is 11. The second-order valence-electron chi connectivity index (χ2n) is 10.2. The molecule has 1 aromatic heterocycles. The highest BCUT2D eigenvalue weighted by molar-refractivity contribution is 7.90. The first-order valence-corrected chi connectivity index (χ1v) is 15.2. The van der Waals surface area contributed by atoms with Gasteiger partial charge in [0, 0.05) is 30.9 Å². The molecule has 2 aliphatic heterocycles. The van der Waals surface area contributed by atoms with Gasteiger partial charge in [-0.3, -0.25) is 4.79 Å². The molecular weight excluding hydrogens is 537 g/mol. The van der Waals surface area contributed by atoms with Gasteiger partial charge in [-0.25, -0.2) is 17.8 Å². The number of aromatic nitrogens is 2. The molecule has 5 rings (SSSR count). The van der Waals surface area contributed by atoms with Crippen LogP contribution in [-0.2, 0) is 38.2 Å². The minimum absolute atomic E-state index is 0.0745. The molecule has 0 N–H and O–H groups in total. The van der Waals surface area contributed by atoms with Gasteiger partial charge in [-0.2, -0.15) is 0 Å². The average molecular weight is 572 g/mol. The van der Waals surface area contributed by atoms with E-state index in [-0.39, 0.29) is 41.9 Å². The van der Waals surface area contributed by atoms with Crippen LogP contribution in [-0.4, -0.2) is 67.9 Å². The summed E-state index contributed by atoms with van der Waals surface area (Å²) >= 11 is 0. The van der Waals surface area contributed by atoms with Crippen LogP contribution in [0.1, 0.15) is 47.3 Å². The molecule has 0 radical (unpaired) electrons. The summed E-state index contributed by atoms with van der Waals surface area (Å²) in [6, 6.07) is 12.7. The van der Waals surface area contributed by atoms with Gasteiger partial charge >= 0.3 is 0 Å². The molecule has 214 valence electrons. The molecule has 9 nitrogen and oxygen atoms in total. The SMILES string of the molecule is COc1ccc(C(=O)N(Cc2cnc(S(=O)(=O)Cc3ccccc3F)n2C[C@H]2CCCO2)C[C@@H]2CCCO2)cc1. The first-order chi connectivity index (χ1) is 19.3. The van der Waals surface area contributed by atoms with Gasteiger partial charge in [0.15, 0.2) is 0 Å². The van der Waals surface area contributed by atoms with E-state index in [2.05, 4.69) is 4.98 Å². The van der Waals surface area contributed by atoms with Gasteiger partial charge in [0.2, 0.25) is 15.0 Å². The molecule has 0 unspecified atom stereocenters.